The van der Waals surface area contributed by atoms with E-state index in [1.165, 1.54) is 84.7 Å². The Balaban J connectivity index is 1.21. The molecule has 0 fully saturated rings. The molecule has 1 aliphatic rings. The monoisotopic (exact) mass is 744 g/mol. The summed E-state index contributed by atoms with van der Waals surface area (Å²) in [4.78, 5) is 0. The first-order valence-corrected chi connectivity index (χ1v) is 21.6. The van der Waals surface area contributed by atoms with Gasteiger partial charge >= 0.3 is 311 Å². The minimum atomic E-state index is -2.65. The molecule has 0 atom stereocenters. The zero-order valence-corrected chi connectivity index (χ0v) is 31.0. The van der Waals surface area contributed by atoms with Gasteiger partial charge in [0.1, 0.15) is 0 Å². The molecular weight excluding hydrogens is 712 g/mol. The quantitative estimate of drug-likeness (QED) is 0.169. The van der Waals surface area contributed by atoms with Crippen LogP contribution in [0.4, 0.5) is 0 Å². The maximum atomic E-state index is 2.56. The van der Waals surface area contributed by atoms with Gasteiger partial charge in [0.15, 0.2) is 0 Å². The van der Waals surface area contributed by atoms with Crippen LogP contribution in [0.1, 0.15) is 0 Å². The Morgan fingerprint density at radius 2 is 0.865 bits per heavy atom. The number of hydrogen-bond donors (Lipinski definition) is 0. The molecule has 8 aromatic carbocycles. The molecule has 2 aromatic heterocycles. The third kappa shape index (κ3) is 4.11. The van der Waals surface area contributed by atoms with E-state index >= 15 is 0 Å². The first-order valence-electron chi connectivity index (χ1n) is 17.9. The van der Waals surface area contributed by atoms with Crippen LogP contribution in [0.3, 0.4) is 0 Å². The molecule has 0 radical (unpaired) electrons. The van der Waals surface area contributed by atoms with E-state index in [4.69, 9.17) is 0 Å². The molecule has 52 heavy (non-hydrogen) atoms. The Hall–Kier alpha value is -5.90. The van der Waals surface area contributed by atoms with E-state index in [0.717, 1.165) is 0 Å². The molecule has 11 rings (SSSR count). The fraction of sp³-hybridized carbons (Fsp3) is 0. The van der Waals surface area contributed by atoms with Gasteiger partial charge in [-0.3, -0.25) is 0 Å². The number of aromatic nitrogens is 2. The van der Waals surface area contributed by atoms with Crippen molar-refractivity contribution in [3.63, 3.8) is 0 Å². The normalized spacial score (nSPS) is 13.5. The van der Waals surface area contributed by atoms with Gasteiger partial charge in [-0.15, -0.1) is 0 Å². The number of hydrogen-bond acceptors (Lipinski definition) is 0. The average Bonchev–Trinajstić information content (AvgIpc) is 3.73. The average molecular weight is 744 g/mol. The number of benzene rings is 8. The van der Waals surface area contributed by atoms with Crippen LogP contribution in [-0.4, -0.2) is 32.2 Å². The standard InChI is InChI=1S/C48H32N2SeSi/c1-3-16-34(17-4-1)52(35-18-5-2-6-19-35)46-28-14-13-27-45(46)51-48-44(26-15-29-47(48)52)50-42-25-12-9-22-38(42)39-32-33(30-31-43(39)50)49-40-23-10-7-20-36(40)37-21-8-11-24-41(37)49/h1-32H. The Morgan fingerprint density at radius 1 is 0.365 bits per heavy atom. The Labute approximate surface area is 309 Å². The zero-order chi connectivity index (χ0) is 34.2. The van der Waals surface area contributed by atoms with E-state index < -0.39 is 8.07 Å². The summed E-state index contributed by atoms with van der Waals surface area (Å²) in [6.07, 6.45) is 0. The number of para-hydroxylation sites is 3. The summed E-state index contributed by atoms with van der Waals surface area (Å²) < 4.78 is 7.97. The van der Waals surface area contributed by atoms with Crippen LogP contribution in [-0.2, 0) is 0 Å². The summed E-state index contributed by atoms with van der Waals surface area (Å²) in [5.41, 5.74) is 7.42. The van der Waals surface area contributed by atoms with Crippen LogP contribution in [0.15, 0.2) is 194 Å². The molecule has 0 saturated heterocycles. The van der Waals surface area contributed by atoms with Crippen molar-refractivity contribution in [2.45, 2.75) is 0 Å². The van der Waals surface area contributed by atoms with Crippen molar-refractivity contribution in [3.05, 3.63) is 194 Å². The minimum absolute atomic E-state index is 0.114. The molecule has 2 nitrogen and oxygen atoms in total. The molecule has 10 aromatic rings. The van der Waals surface area contributed by atoms with Crippen molar-refractivity contribution < 1.29 is 0 Å². The topological polar surface area (TPSA) is 9.86 Å². The Morgan fingerprint density at radius 3 is 1.52 bits per heavy atom. The molecular formula is C48H32N2SeSi. The first kappa shape index (κ1) is 29.8. The van der Waals surface area contributed by atoms with Gasteiger partial charge in [0, 0.05) is 0 Å². The SMILES string of the molecule is c1ccc([Si]2(c3ccccc3)c3ccccc3[Se]c3c(-n4c5ccccc5c5cc(-n6c7ccccc7c7ccccc76)ccc54)cccc32)cc1. The molecule has 0 aliphatic carbocycles. The van der Waals surface area contributed by atoms with E-state index in [2.05, 4.69) is 203 Å². The molecule has 3 heterocycles. The molecule has 244 valence electrons. The second-order valence-electron chi connectivity index (χ2n) is 13.7. The van der Waals surface area contributed by atoms with Crippen LogP contribution in [0.25, 0.3) is 55.0 Å². The molecule has 0 bridgehead atoms. The van der Waals surface area contributed by atoms with Crippen molar-refractivity contribution in [1.29, 1.82) is 0 Å². The molecule has 1 aliphatic heterocycles. The van der Waals surface area contributed by atoms with Gasteiger partial charge < -0.3 is 0 Å². The summed E-state index contributed by atoms with van der Waals surface area (Å²) >= 11 is 0.114. The van der Waals surface area contributed by atoms with E-state index in [1.807, 2.05) is 0 Å². The van der Waals surface area contributed by atoms with Gasteiger partial charge in [-0.2, -0.15) is 0 Å². The maximum absolute atomic E-state index is 2.65. The van der Waals surface area contributed by atoms with Crippen LogP contribution in [0, 0.1) is 0 Å². The second kappa shape index (κ2) is 11.6. The second-order valence-corrected chi connectivity index (χ2v) is 19.6. The van der Waals surface area contributed by atoms with Gasteiger partial charge in [0.2, 0.25) is 0 Å². The summed E-state index contributed by atoms with van der Waals surface area (Å²) in [5, 5.41) is 11.0. The van der Waals surface area contributed by atoms with Crippen LogP contribution < -0.4 is 29.7 Å². The molecule has 0 amide bonds. The van der Waals surface area contributed by atoms with Crippen molar-refractivity contribution in [3.8, 4) is 11.4 Å². The number of nitrogens with zero attached hydrogens (tertiary/aromatic N) is 2. The van der Waals surface area contributed by atoms with Crippen LogP contribution >= 0.6 is 0 Å². The van der Waals surface area contributed by atoms with Gasteiger partial charge in [-0.25, -0.2) is 0 Å². The van der Waals surface area contributed by atoms with Crippen molar-refractivity contribution >= 4 is 96.3 Å². The Bertz CT molecular complexity index is 2900. The molecule has 0 unspecified atom stereocenters. The Kier molecular flexibility index (Phi) is 6.62. The van der Waals surface area contributed by atoms with E-state index in [0.29, 0.717) is 0 Å². The van der Waals surface area contributed by atoms with Crippen molar-refractivity contribution in [2.24, 2.45) is 0 Å². The van der Waals surface area contributed by atoms with Gasteiger partial charge in [-0.05, 0) is 0 Å². The predicted molar refractivity (Wildman–Crippen MR) is 224 cm³/mol. The molecule has 0 N–H and O–H groups in total. The molecule has 4 heteroatoms. The van der Waals surface area contributed by atoms with E-state index in [1.54, 1.807) is 0 Å². The third-order valence-corrected chi connectivity index (χ3v) is 19.3. The number of rotatable bonds is 4. The molecule has 0 saturated carbocycles. The first-order chi connectivity index (χ1) is 25.8. The van der Waals surface area contributed by atoms with Gasteiger partial charge in [0.05, 0.1) is 0 Å². The van der Waals surface area contributed by atoms with Crippen LogP contribution in [0.5, 0.6) is 0 Å². The number of fused-ring (bicyclic) bond motifs is 8. The third-order valence-electron chi connectivity index (χ3n) is 11.1. The van der Waals surface area contributed by atoms with Crippen molar-refractivity contribution in [2.75, 3.05) is 0 Å². The van der Waals surface area contributed by atoms with E-state index in [9.17, 15) is 0 Å². The zero-order valence-electron chi connectivity index (χ0n) is 28.3. The van der Waals surface area contributed by atoms with Crippen LogP contribution in [0.2, 0.25) is 0 Å². The van der Waals surface area contributed by atoms with Crippen molar-refractivity contribution in [1.82, 2.24) is 9.13 Å². The fourth-order valence-corrected chi connectivity index (χ4v) is 18.3. The summed E-state index contributed by atoms with van der Waals surface area (Å²) in [7, 11) is -2.65. The predicted octanol–water partition coefficient (Wildman–Crippen LogP) is 7.23. The molecule has 0 spiro atoms. The summed E-state index contributed by atoms with van der Waals surface area (Å²) in [5.74, 6) is 0. The fourth-order valence-electron chi connectivity index (χ4n) is 8.95. The summed E-state index contributed by atoms with van der Waals surface area (Å²) in [6.45, 7) is 0. The van der Waals surface area contributed by atoms with Gasteiger partial charge in [-0.1, -0.05) is 0 Å². The van der Waals surface area contributed by atoms with E-state index in [-0.39, 0.29) is 15.0 Å². The summed E-state index contributed by atoms with van der Waals surface area (Å²) in [6, 6.07) is 72.8. The van der Waals surface area contributed by atoms with Gasteiger partial charge in [0.25, 0.3) is 0 Å².